The molecule has 94 valence electrons. The molecular weight excluding hydrogens is 249 g/mol. The zero-order valence-electron chi connectivity index (χ0n) is 9.59. The van der Waals surface area contributed by atoms with E-state index in [2.05, 4.69) is 15.0 Å². The second kappa shape index (κ2) is 4.16. The van der Waals surface area contributed by atoms with Crippen molar-refractivity contribution in [1.29, 1.82) is 0 Å². The average molecular weight is 257 g/mol. The summed E-state index contributed by atoms with van der Waals surface area (Å²) in [7, 11) is 0. The molecule has 2 aromatic heterocycles. The van der Waals surface area contributed by atoms with Crippen LogP contribution in [0.2, 0.25) is 0 Å². The highest BCUT2D eigenvalue weighted by Gasteiger charge is 2.19. The Bertz CT molecular complexity index is 769. The van der Waals surface area contributed by atoms with E-state index in [0.29, 0.717) is 0 Å². The van der Waals surface area contributed by atoms with Crippen molar-refractivity contribution >= 4 is 16.7 Å². The number of halogens is 1. The predicted molar refractivity (Wildman–Crippen MR) is 65.4 cm³/mol. The lowest BCUT2D eigenvalue weighted by Crippen LogP contribution is -2.05. The molecule has 0 aliphatic rings. The lowest BCUT2D eigenvalue weighted by molar-refractivity contribution is 0.102. The number of rotatable bonds is 2. The van der Waals surface area contributed by atoms with E-state index in [4.69, 9.17) is 0 Å². The van der Waals surface area contributed by atoms with Gasteiger partial charge < -0.3 is 10.1 Å². The first-order valence-corrected chi connectivity index (χ1v) is 5.49. The van der Waals surface area contributed by atoms with Gasteiger partial charge in [-0.2, -0.15) is 0 Å². The third-order valence-electron chi connectivity index (χ3n) is 2.78. The number of fused-ring (bicyclic) bond motifs is 1. The van der Waals surface area contributed by atoms with E-state index >= 15 is 0 Å². The summed E-state index contributed by atoms with van der Waals surface area (Å²) in [6.07, 6.45) is 4.07. The predicted octanol–water partition coefficient (Wildman–Crippen LogP) is 2.03. The molecule has 0 aliphatic carbocycles. The van der Waals surface area contributed by atoms with Crippen LogP contribution in [0.25, 0.3) is 10.9 Å². The molecule has 0 amide bonds. The van der Waals surface area contributed by atoms with Crippen LogP contribution in [0.4, 0.5) is 4.39 Å². The second-order valence-electron chi connectivity index (χ2n) is 3.92. The fraction of sp³-hybridized carbons (Fsp3) is 0. The number of ketones is 1. The molecule has 0 bridgehead atoms. The van der Waals surface area contributed by atoms with Gasteiger partial charge in [-0.1, -0.05) is 6.07 Å². The third kappa shape index (κ3) is 1.74. The van der Waals surface area contributed by atoms with Gasteiger partial charge in [0.25, 0.3) is 0 Å². The van der Waals surface area contributed by atoms with Crippen LogP contribution in [0.5, 0.6) is 5.75 Å². The Balaban J connectivity index is 2.21. The zero-order chi connectivity index (χ0) is 13.4. The van der Waals surface area contributed by atoms with Crippen molar-refractivity contribution in [3.05, 3.63) is 54.0 Å². The van der Waals surface area contributed by atoms with Gasteiger partial charge in [-0.25, -0.2) is 9.37 Å². The molecule has 3 rings (SSSR count). The first-order chi connectivity index (χ1) is 9.18. The fourth-order valence-corrected chi connectivity index (χ4v) is 1.86. The topological polar surface area (TPSA) is 78.9 Å². The summed E-state index contributed by atoms with van der Waals surface area (Å²) in [4.78, 5) is 22.4. The van der Waals surface area contributed by atoms with Crippen molar-refractivity contribution in [3.63, 3.8) is 0 Å². The molecule has 0 fully saturated rings. The van der Waals surface area contributed by atoms with Crippen LogP contribution in [-0.4, -0.2) is 25.8 Å². The SMILES string of the molecule is O=C(c1ncc[nH]1)c1cnc2c(F)cccc2c1O. The molecule has 0 saturated heterocycles. The van der Waals surface area contributed by atoms with Crippen molar-refractivity contribution < 1.29 is 14.3 Å². The van der Waals surface area contributed by atoms with Gasteiger partial charge in [0.05, 0.1) is 5.56 Å². The normalized spacial score (nSPS) is 10.8. The van der Waals surface area contributed by atoms with Crippen LogP contribution < -0.4 is 0 Å². The minimum absolute atomic E-state index is 0.0203. The maximum absolute atomic E-state index is 13.5. The van der Waals surface area contributed by atoms with Gasteiger partial charge in [0, 0.05) is 24.0 Å². The van der Waals surface area contributed by atoms with E-state index < -0.39 is 11.6 Å². The van der Waals surface area contributed by atoms with E-state index in [-0.39, 0.29) is 28.0 Å². The first-order valence-electron chi connectivity index (χ1n) is 5.49. The number of imidazole rings is 1. The molecule has 0 unspecified atom stereocenters. The molecular formula is C13H8FN3O2. The highest BCUT2D eigenvalue weighted by Crippen LogP contribution is 2.29. The molecule has 0 aliphatic heterocycles. The number of H-pyrrole nitrogens is 1. The van der Waals surface area contributed by atoms with Crippen LogP contribution >= 0.6 is 0 Å². The second-order valence-corrected chi connectivity index (χ2v) is 3.92. The third-order valence-corrected chi connectivity index (χ3v) is 2.78. The smallest absolute Gasteiger partial charge is 0.233 e. The number of aromatic nitrogens is 3. The molecule has 6 heteroatoms. The van der Waals surface area contributed by atoms with E-state index in [1.807, 2.05) is 0 Å². The molecule has 5 nitrogen and oxygen atoms in total. The standard InChI is InChI=1S/C13H8FN3O2/c14-9-3-1-2-7-10(9)17-6-8(11(7)18)12(19)13-15-4-5-16-13/h1-6H,(H,15,16)(H,17,18). The van der Waals surface area contributed by atoms with Gasteiger partial charge >= 0.3 is 0 Å². The molecule has 3 aromatic rings. The average Bonchev–Trinajstić information content (AvgIpc) is 2.93. The number of pyridine rings is 1. The maximum Gasteiger partial charge on any atom is 0.233 e. The number of hydrogen-bond donors (Lipinski definition) is 2. The number of nitrogens with zero attached hydrogens (tertiary/aromatic N) is 2. The summed E-state index contributed by atoms with van der Waals surface area (Å²) in [5, 5.41) is 10.3. The number of hydrogen-bond acceptors (Lipinski definition) is 4. The summed E-state index contributed by atoms with van der Waals surface area (Å²) >= 11 is 0. The van der Waals surface area contributed by atoms with E-state index in [1.165, 1.54) is 30.6 Å². The van der Waals surface area contributed by atoms with E-state index in [1.54, 1.807) is 0 Å². The van der Waals surface area contributed by atoms with E-state index in [9.17, 15) is 14.3 Å². The van der Waals surface area contributed by atoms with Crippen molar-refractivity contribution in [3.8, 4) is 5.75 Å². The summed E-state index contributed by atoms with van der Waals surface area (Å²) in [5.74, 6) is -1.26. The molecule has 0 radical (unpaired) electrons. The molecule has 0 saturated carbocycles. The number of para-hydroxylation sites is 1. The number of carbonyl (C=O) groups excluding carboxylic acids is 1. The molecule has 2 heterocycles. The van der Waals surface area contributed by atoms with Crippen molar-refractivity contribution in [2.75, 3.05) is 0 Å². The van der Waals surface area contributed by atoms with Crippen molar-refractivity contribution in [1.82, 2.24) is 15.0 Å². The summed E-state index contributed by atoms with van der Waals surface area (Å²) < 4.78 is 13.5. The minimum Gasteiger partial charge on any atom is -0.506 e. The Morgan fingerprint density at radius 3 is 2.89 bits per heavy atom. The number of benzene rings is 1. The largest absolute Gasteiger partial charge is 0.506 e. The number of carbonyl (C=O) groups is 1. The summed E-state index contributed by atoms with van der Waals surface area (Å²) in [6.45, 7) is 0. The van der Waals surface area contributed by atoms with Gasteiger partial charge in [-0.05, 0) is 12.1 Å². The van der Waals surface area contributed by atoms with Gasteiger partial charge in [-0.15, -0.1) is 0 Å². The van der Waals surface area contributed by atoms with Crippen molar-refractivity contribution in [2.45, 2.75) is 0 Å². The highest BCUT2D eigenvalue weighted by atomic mass is 19.1. The minimum atomic E-state index is -0.551. The molecule has 2 N–H and O–H groups in total. The van der Waals surface area contributed by atoms with Crippen LogP contribution in [0.1, 0.15) is 16.2 Å². The zero-order valence-corrected chi connectivity index (χ0v) is 9.59. The molecule has 0 atom stereocenters. The number of aromatic amines is 1. The van der Waals surface area contributed by atoms with Crippen LogP contribution in [0.3, 0.4) is 0 Å². The summed E-state index contributed by atoms with van der Waals surface area (Å²) in [5.41, 5.74) is 0.00375. The van der Waals surface area contributed by atoms with Crippen LogP contribution in [0.15, 0.2) is 36.8 Å². The van der Waals surface area contributed by atoms with Gasteiger partial charge in [0.15, 0.2) is 5.82 Å². The number of nitrogens with one attached hydrogen (secondary N) is 1. The first kappa shape index (κ1) is 11.3. The number of aromatic hydroxyl groups is 1. The Morgan fingerprint density at radius 1 is 1.32 bits per heavy atom. The van der Waals surface area contributed by atoms with Gasteiger partial charge in [0.2, 0.25) is 5.78 Å². The lowest BCUT2D eigenvalue weighted by atomic mass is 10.1. The van der Waals surface area contributed by atoms with Crippen LogP contribution in [-0.2, 0) is 0 Å². The van der Waals surface area contributed by atoms with Gasteiger partial charge in [-0.3, -0.25) is 9.78 Å². The fourth-order valence-electron chi connectivity index (χ4n) is 1.86. The van der Waals surface area contributed by atoms with Crippen LogP contribution in [0, 0.1) is 5.82 Å². The Labute approximate surface area is 106 Å². The Morgan fingerprint density at radius 2 is 2.16 bits per heavy atom. The summed E-state index contributed by atoms with van der Waals surface area (Å²) in [6, 6.07) is 4.18. The molecule has 0 spiro atoms. The monoisotopic (exact) mass is 257 g/mol. The molecule has 19 heavy (non-hydrogen) atoms. The molecule has 1 aromatic carbocycles. The Kier molecular flexibility index (Phi) is 2.49. The Hall–Kier alpha value is -2.76. The lowest BCUT2D eigenvalue weighted by Gasteiger charge is -2.05. The maximum atomic E-state index is 13.5. The quantitative estimate of drug-likeness (QED) is 0.688. The van der Waals surface area contributed by atoms with Crippen molar-refractivity contribution in [2.24, 2.45) is 0 Å². The van der Waals surface area contributed by atoms with E-state index in [0.717, 1.165) is 6.20 Å². The van der Waals surface area contributed by atoms with Gasteiger partial charge in [0.1, 0.15) is 17.1 Å². The highest BCUT2D eigenvalue weighted by molar-refractivity contribution is 6.10.